The molecule has 9 nitrogen and oxygen atoms in total. The molecule has 1 N–H and O–H groups in total. The third-order valence-electron chi connectivity index (χ3n) is 5.89. The topological polar surface area (TPSA) is 113 Å². The number of nitrogens with zero attached hydrogens (tertiary/aromatic N) is 5. The number of anilines is 2. The van der Waals surface area contributed by atoms with Gasteiger partial charge >= 0.3 is 5.97 Å². The summed E-state index contributed by atoms with van der Waals surface area (Å²) in [6.45, 7) is 6.70. The van der Waals surface area contributed by atoms with Gasteiger partial charge in [0.2, 0.25) is 5.88 Å². The van der Waals surface area contributed by atoms with Crippen molar-refractivity contribution in [1.82, 2.24) is 15.0 Å². The first-order chi connectivity index (χ1) is 17.7. The number of methoxy groups -OCH3 is 1. The summed E-state index contributed by atoms with van der Waals surface area (Å²) in [5.41, 5.74) is 3.32. The van der Waals surface area contributed by atoms with Gasteiger partial charge in [-0.15, -0.1) is 0 Å². The first-order valence-corrected chi connectivity index (χ1v) is 12.3. The minimum absolute atomic E-state index is 0. The van der Waals surface area contributed by atoms with Crippen LogP contribution in [0.1, 0.15) is 63.0 Å². The molecule has 200 valence electrons. The number of pyridine rings is 1. The van der Waals surface area contributed by atoms with Gasteiger partial charge in [0.1, 0.15) is 23.8 Å². The average molecular weight is 537 g/mol. The minimum atomic E-state index is -0.606. The van der Waals surface area contributed by atoms with Crippen molar-refractivity contribution in [3.05, 3.63) is 70.3 Å². The molecule has 1 aliphatic heterocycles. The Bertz CT molecular complexity index is 1320. The van der Waals surface area contributed by atoms with E-state index in [0.717, 1.165) is 22.5 Å². The molecule has 10 heteroatoms. The highest BCUT2D eigenvalue weighted by atomic mass is 35.5. The number of esters is 1. The van der Waals surface area contributed by atoms with Gasteiger partial charge in [0.05, 0.1) is 36.5 Å². The summed E-state index contributed by atoms with van der Waals surface area (Å²) < 4.78 is 10.8. The van der Waals surface area contributed by atoms with Gasteiger partial charge in [-0.1, -0.05) is 25.1 Å². The predicted molar refractivity (Wildman–Crippen MR) is 147 cm³/mol. The van der Waals surface area contributed by atoms with Crippen LogP contribution in [0.4, 0.5) is 11.5 Å². The number of hydrogen-bond acceptors (Lipinski definition) is 9. The molecule has 3 aromatic rings. The molecule has 0 bridgehead atoms. The van der Waals surface area contributed by atoms with E-state index in [1.165, 1.54) is 6.33 Å². The van der Waals surface area contributed by atoms with Crippen LogP contribution in [0.5, 0.6) is 5.88 Å². The van der Waals surface area contributed by atoms with E-state index >= 15 is 0 Å². The fraction of sp³-hybridized carbons (Fsp3) is 0.393. The van der Waals surface area contributed by atoms with Gasteiger partial charge in [-0.2, -0.15) is 5.26 Å². The van der Waals surface area contributed by atoms with Crippen LogP contribution >= 0.6 is 11.6 Å². The van der Waals surface area contributed by atoms with Crippen molar-refractivity contribution in [3.8, 4) is 11.9 Å². The zero-order valence-electron chi connectivity index (χ0n) is 21.3. The van der Waals surface area contributed by atoms with Gasteiger partial charge in [0.15, 0.2) is 0 Å². The molecule has 0 saturated heterocycles. The highest BCUT2D eigenvalue weighted by molar-refractivity contribution is 6.30. The number of halogens is 1. The van der Waals surface area contributed by atoms with Crippen LogP contribution in [0.3, 0.4) is 0 Å². The molecule has 2 aromatic heterocycles. The zero-order valence-corrected chi connectivity index (χ0v) is 22.0. The molecular formula is C28H33ClN6O3. The highest BCUT2D eigenvalue weighted by Gasteiger charge is 2.27. The average Bonchev–Trinajstić information content (AvgIpc) is 2.87. The van der Waals surface area contributed by atoms with E-state index in [1.54, 1.807) is 31.5 Å². The maximum absolute atomic E-state index is 12.8. The van der Waals surface area contributed by atoms with E-state index in [1.807, 2.05) is 32.9 Å². The fourth-order valence-corrected chi connectivity index (χ4v) is 4.40. The van der Waals surface area contributed by atoms with Crippen molar-refractivity contribution >= 4 is 29.1 Å². The second-order valence-corrected chi connectivity index (χ2v) is 10.2. The summed E-state index contributed by atoms with van der Waals surface area (Å²) in [4.78, 5) is 28.2. The third kappa shape index (κ3) is 6.90. The van der Waals surface area contributed by atoms with Crippen LogP contribution in [0.25, 0.3) is 0 Å². The van der Waals surface area contributed by atoms with E-state index in [0.29, 0.717) is 41.8 Å². The molecule has 0 amide bonds. The van der Waals surface area contributed by atoms with Crippen molar-refractivity contribution in [2.75, 3.05) is 23.9 Å². The molecule has 0 fully saturated rings. The molecule has 38 heavy (non-hydrogen) atoms. The van der Waals surface area contributed by atoms with Crippen LogP contribution < -0.4 is 15.0 Å². The van der Waals surface area contributed by atoms with Crippen LogP contribution in [-0.2, 0) is 22.5 Å². The molecule has 0 unspecified atom stereocenters. The smallest absolute Gasteiger partial charge is 0.308 e. The Morgan fingerprint density at radius 1 is 1.24 bits per heavy atom. The maximum Gasteiger partial charge on any atom is 0.308 e. The Morgan fingerprint density at radius 3 is 2.68 bits per heavy atom. The number of fused-ring (bicyclic) bond motifs is 1. The summed E-state index contributed by atoms with van der Waals surface area (Å²) in [6, 6.07) is 10.7. The van der Waals surface area contributed by atoms with Crippen LogP contribution in [-0.4, -0.2) is 40.2 Å². The van der Waals surface area contributed by atoms with E-state index < -0.39 is 11.6 Å². The monoisotopic (exact) mass is 536 g/mol. The molecule has 1 atom stereocenters. The number of ether oxygens (including phenoxy) is 2. The summed E-state index contributed by atoms with van der Waals surface area (Å²) in [6.07, 6.45) is 3.95. The summed E-state index contributed by atoms with van der Waals surface area (Å²) >= 11 is 6.11. The van der Waals surface area contributed by atoms with Crippen molar-refractivity contribution in [3.63, 3.8) is 0 Å². The number of aromatic nitrogens is 3. The second kappa shape index (κ2) is 12.1. The SMILES string of the molecule is C.COc1ccc([C@@H](CC(=O)OC(C)(C)C)Nc2ncnc3c2CN(c2ccc(Cl)cc2C#N)CC3)cn1. The standard InChI is InChI=1S/C27H29ClN6O3.CH4/c1-27(2,3)37-25(35)12-22(17-5-8-24(36-4)30-14-17)33-26-20-15-34(10-9-21(20)31-16-32-26)23-7-6-19(28)11-18(23)13-29;/h5-8,11,14,16,22H,9-10,12,15H2,1-4H3,(H,31,32,33);1H4/t22-;/m1./s1. The zero-order chi connectivity index (χ0) is 26.6. The minimum Gasteiger partial charge on any atom is -0.481 e. The van der Waals surface area contributed by atoms with Gasteiger partial charge < -0.3 is 19.7 Å². The summed E-state index contributed by atoms with van der Waals surface area (Å²) in [5.74, 6) is 0.753. The van der Waals surface area contributed by atoms with Gasteiger partial charge in [0, 0.05) is 42.4 Å². The lowest BCUT2D eigenvalue weighted by molar-refractivity contribution is -0.155. The number of carbonyl (C=O) groups excluding carboxylic acids is 1. The van der Waals surface area contributed by atoms with Crippen LogP contribution in [0.15, 0.2) is 42.9 Å². The van der Waals surface area contributed by atoms with Gasteiger partial charge in [-0.3, -0.25) is 4.79 Å². The van der Waals surface area contributed by atoms with Gasteiger partial charge in [-0.25, -0.2) is 15.0 Å². The number of nitrogens with one attached hydrogen (secondary N) is 1. The number of hydrogen-bond donors (Lipinski definition) is 1. The second-order valence-electron chi connectivity index (χ2n) is 9.71. The number of rotatable bonds is 7. The van der Waals surface area contributed by atoms with E-state index in [-0.39, 0.29) is 19.8 Å². The van der Waals surface area contributed by atoms with E-state index in [2.05, 4.69) is 31.2 Å². The lowest BCUT2D eigenvalue weighted by Crippen LogP contribution is -2.33. The van der Waals surface area contributed by atoms with Gasteiger partial charge in [-0.05, 0) is 44.5 Å². The molecule has 0 aliphatic carbocycles. The normalized spacial score (nSPS) is 13.4. The molecule has 0 saturated carbocycles. The van der Waals surface area contributed by atoms with Crippen molar-refractivity contribution < 1.29 is 14.3 Å². The third-order valence-corrected chi connectivity index (χ3v) is 6.13. The largest absolute Gasteiger partial charge is 0.481 e. The summed E-state index contributed by atoms with van der Waals surface area (Å²) in [7, 11) is 1.55. The Labute approximate surface area is 228 Å². The Morgan fingerprint density at radius 2 is 2.03 bits per heavy atom. The van der Waals surface area contributed by atoms with Crippen LogP contribution in [0.2, 0.25) is 5.02 Å². The molecule has 0 radical (unpaired) electrons. The predicted octanol–water partition coefficient (Wildman–Crippen LogP) is 5.49. The Hall–Kier alpha value is -3.90. The van der Waals surface area contributed by atoms with Crippen LogP contribution in [0, 0.1) is 11.3 Å². The molecule has 4 rings (SSSR count). The first-order valence-electron chi connectivity index (χ1n) is 11.9. The fourth-order valence-electron chi connectivity index (χ4n) is 4.23. The lowest BCUT2D eigenvalue weighted by atomic mass is 10.0. The molecule has 0 spiro atoms. The summed E-state index contributed by atoms with van der Waals surface area (Å²) in [5, 5.41) is 13.6. The maximum atomic E-state index is 12.8. The number of benzene rings is 1. The molecule has 1 aromatic carbocycles. The Kier molecular flexibility index (Phi) is 9.13. The number of carbonyl (C=O) groups is 1. The van der Waals surface area contributed by atoms with E-state index in [4.69, 9.17) is 21.1 Å². The van der Waals surface area contributed by atoms with Crippen molar-refractivity contribution in [2.24, 2.45) is 0 Å². The number of nitriles is 1. The van der Waals surface area contributed by atoms with Crippen molar-refractivity contribution in [2.45, 2.75) is 59.2 Å². The van der Waals surface area contributed by atoms with E-state index in [9.17, 15) is 10.1 Å². The van der Waals surface area contributed by atoms with Crippen molar-refractivity contribution in [1.29, 1.82) is 5.26 Å². The Balaban J connectivity index is 0.00000400. The lowest BCUT2D eigenvalue weighted by Gasteiger charge is -2.32. The highest BCUT2D eigenvalue weighted by Crippen LogP contribution is 2.32. The quantitative estimate of drug-likeness (QED) is 0.391. The molecule has 1 aliphatic rings. The molecule has 3 heterocycles. The van der Waals surface area contributed by atoms with Gasteiger partial charge in [0.25, 0.3) is 0 Å². The first kappa shape index (κ1) is 28.7. The molecular weight excluding hydrogens is 504 g/mol.